The number of pyridine rings is 1. The van der Waals surface area contributed by atoms with Crippen molar-refractivity contribution in [1.29, 1.82) is 0 Å². The molecule has 1 amide bonds. The Bertz CT molecular complexity index is 1260. The Morgan fingerprint density at radius 1 is 0.892 bits per heavy atom. The summed E-state index contributed by atoms with van der Waals surface area (Å²) in [5, 5.41) is 6.20. The number of nitrogens with zero attached hydrogens (tertiary/aromatic N) is 1. The lowest BCUT2D eigenvalue weighted by Crippen LogP contribution is -2.48. The van der Waals surface area contributed by atoms with Crippen LogP contribution in [0.3, 0.4) is 0 Å². The van der Waals surface area contributed by atoms with Gasteiger partial charge in [-0.2, -0.15) is 0 Å². The summed E-state index contributed by atoms with van der Waals surface area (Å²) >= 11 is 0. The average molecular weight is 496 g/mol. The number of amides is 1. The van der Waals surface area contributed by atoms with E-state index in [2.05, 4.69) is 39.9 Å². The van der Waals surface area contributed by atoms with Crippen LogP contribution in [0, 0.1) is 17.8 Å². The zero-order valence-corrected chi connectivity index (χ0v) is 21.2. The van der Waals surface area contributed by atoms with E-state index in [1.54, 1.807) is 18.3 Å². The summed E-state index contributed by atoms with van der Waals surface area (Å²) in [6.45, 7) is 0. The highest BCUT2D eigenvalue weighted by Crippen LogP contribution is 2.60. The van der Waals surface area contributed by atoms with Crippen LogP contribution in [0.5, 0.6) is 0 Å². The van der Waals surface area contributed by atoms with Crippen LogP contribution in [0.2, 0.25) is 0 Å². The number of hydrogen-bond donors (Lipinski definition) is 2. The van der Waals surface area contributed by atoms with E-state index < -0.39 is 5.97 Å². The molecule has 6 nitrogen and oxygen atoms in total. The number of ether oxygens (including phenoxy) is 1. The molecule has 6 heteroatoms. The zero-order valence-electron chi connectivity index (χ0n) is 21.2. The van der Waals surface area contributed by atoms with Crippen LogP contribution in [-0.4, -0.2) is 24.0 Å². The van der Waals surface area contributed by atoms with Gasteiger partial charge in [0, 0.05) is 17.6 Å². The zero-order chi connectivity index (χ0) is 25.4. The fraction of sp³-hybridized carbons (Fsp3) is 0.387. The van der Waals surface area contributed by atoms with Gasteiger partial charge in [-0.3, -0.25) is 4.79 Å². The molecule has 4 bridgehead atoms. The lowest BCUT2D eigenvalue weighted by Gasteiger charge is -2.57. The van der Waals surface area contributed by atoms with Crippen molar-refractivity contribution in [3.05, 3.63) is 83.6 Å². The second-order valence-corrected chi connectivity index (χ2v) is 11.2. The molecule has 190 valence electrons. The number of hydrogen-bond acceptors (Lipinski definition) is 5. The molecule has 0 radical (unpaired) electrons. The molecule has 4 aliphatic carbocycles. The average Bonchev–Trinajstić information content (AvgIpc) is 2.89. The third-order valence-corrected chi connectivity index (χ3v) is 8.61. The van der Waals surface area contributed by atoms with Crippen molar-refractivity contribution in [3.63, 3.8) is 0 Å². The van der Waals surface area contributed by atoms with E-state index in [9.17, 15) is 9.59 Å². The molecule has 2 aromatic carbocycles. The minimum Gasteiger partial charge on any atom is -0.465 e. The standard InChI is InChI=1S/C31H33N3O3/c1-37-30(36)27-3-2-12-32-29(27)34-26-8-4-20(5-9-26)16-28(35)33-25-10-6-24(7-11-25)31-17-21-13-22(18-31)15-23(14-21)19-31/h2-12,21-23H,13-19H2,1H3,(H,32,34)(H,33,35). The van der Waals surface area contributed by atoms with E-state index in [0.717, 1.165) is 34.7 Å². The van der Waals surface area contributed by atoms with Gasteiger partial charge in [0.1, 0.15) is 11.4 Å². The molecule has 0 spiro atoms. The Morgan fingerprint density at radius 3 is 2.14 bits per heavy atom. The summed E-state index contributed by atoms with van der Waals surface area (Å²) in [7, 11) is 1.34. The summed E-state index contributed by atoms with van der Waals surface area (Å²) in [5.41, 5.74) is 4.73. The molecule has 4 saturated carbocycles. The highest BCUT2D eigenvalue weighted by atomic mass is 16.5. The van der Waals surface area contributed by atoms with E-state index in [1.165, 1.54) is 51.2 Å². The van der Waals surface area contributed by atoms with Gasteiger partial charge < -0.3 is 15.4 Å². The lowest BCUT2D eigenvalue weighted by atomic mass is 9.48. The molecule has 0 atom stereocenters. The molecule has 0 unspecified atom stereocenters. The van der Waals surface area contributed by atoms with Crippen LogP contribution in [0.25, 0.3) is 0 Å². The van der Waals surface area contributed by atoms with Crippen molar-refractivity contribution in [2.24, 2.45) is 17.8 Å². The number of anilines is 3. The number of methoxy groups -OCH3 is 1. The molecule has 7 rings (SSSR count). The summed E-state index contributed by atoms with van der Waals surface area (Å²) in [6.07, 6.45) is 10.3. The van der Waals surface area contributed by atoms with Crippen molar-refractivity contribution in [2.45, 2.75) is 50.4 Å². The molecule has 0 aliphatic heterocycles. The smallest absolute Gasteiger partial charge is 0.341 e. The van der Waals surface area contributed by atoms with E-state index in [0.29, 0.717) is 16.8 Å². The number of esters is 1. The minimum absolute atomic E-state index is 0.0408. The molecule has 3 aromatic rings. The van der Waals surface area contributed by atoms with Crippen molar-refractivity contribution in [2.75, 3.05) is 17.7 Å². The number of carbonyl (C=O) groups is 2. The van der Waals surface area contributed by atoms with Gasteiger partial charge >= 0.3 is 5.97 Å². The van der Waals surface area contributed by atoms with Crippen LogP contribution in [0.1, 0.15) is 60.0 Å². The van der Waals surface area contributed by atoms with E-state index in [-0.39, 0.29) is 12.3 Å². The Hall–Kier alpha value is -3.67. The molecular weight excluding hydrogens is 462 g/mol. The van der Waals surface area contributed by atoms with Gasteiger partial charge in [-0.1, -0.05) is 24.3 Å². The number of rotatable bonds is 7. The largest absolute Gasteiger partial charge is 0.465 e. The predicted molar refractivity (Wildman–Crippen MR) is 144 cm³/mol. The van der Waals surface area contributed by atoms with E-state index in [4.69, 9.17) is 4.74 Å². The van der Waals surface area contributed by atoms with Gasteiger partial charge in [0.25, 0.3) is 0 Å². The quantitative estimate of drug-likeness (QED) is 0.378. The van der Waals surface area contributed by atoms with Crippen molar-refractivity contribution < 1.29 is 14.3 Å². The number of carbonyl (C=O) groups excluding carboxylic acids is 2. The summed E-state index contributed by atoms with van der Waals surface area (Å²) < 4.78 is 4.82. The lowest BCUT2D eigenvalue weighted by molar-refractivity contribution is -0.115. The molecule has 37 heavy (non-hydrogen) atoms. The Morgan fingerprint density at radius 2 is 1.51 bits per heavy atom. The minimum atomic E-state index is -0.449. The first-order valence-electron chi connectivity index (χ1n) is 13.3. The van der Waals surface area contributed by atoms with Crippen LogP contribution < -0.4 is 10.6 Å². The molecule has 1 aromatic heterocycles. The molecular formula is C31H33N3O3. The Labute approximate surface area is 217 Å². The maximum Gasteiger partial charge on any atom is 0.341 e. The number of nitrogens with one attached hydrogen (secondary N) is 2. The number of aromatic nitrogens is 1. The van der Waals surface area contributed by atoms with Crippen LogP contribution in [0.15, 0.2) is 66.9 Å². The Balaban J connectivity index is 1.06. The highest BCUT2D eigenvalue weighted by molar-refractivity contribution is 5.95. The van der Waals surface area contributed by atoms with Crippen molar-refractivity contribution in [1.82, 2.24) is 4.98 Å². The molecule has 4 aliphatic rings. The second-order valence-electron chi connectivity index (χ2n) is 11.2. The van der Waals surface area contributed by atoms with Gasteiger partial charge in [-0.25, -0.2) is 9.78 Å². The summed E-state index contributed by atoms with van der Waals surface area (Å²) in [4.78, 5) is 28.9. The number of benzene rings is 2. The first-order chi connectivity index (χ1) is 18.0. The van der Waals surface area contributed by atoms with E-state index in [1.807, 2.05) is 24.3 Å². The second kappa shape index (κ2) is 9.66. The maximum atomic E-state index is 12.7. The fourth-order valence-electron chi connectivity index (χ4n) is 7.38. The molecule has 4 fully saturated rings. The predicted octanol–water partition coefficient (Wildman–Crippen LogP) is 6.26. The van der Waals surface area contributed by atoms with Gasteiger partial charge in [0.15, 0.2) is 0 Å². The summed E-state index contributed by atoms with van der Waals surface area (Å²) in [6, 6.07) is 19.6. The van der Waals surface area contributed by atoms with Crippen LogP contribution in [-0.2, 0) is 21.4 Å². The third-order valence-electron chi connectivity index (χ3n) is 8.61. The van der Waals surface area contributed by atoms with E-state index >= 15 is 0 Å². The normalized spacial score (nSPS) is 25.5. The molecule has 1 heterocycles. The molecule has 0 saturated heterocycles. The summed E-state index contributed by atoms with van der Waals surface area (Å²) in [5.74, 6) is 2.70. The maximum absolute atomic E-state index is 12.7. The van der Waals surface area contributed by atoms with Gasteiger partial charge in [-0.15, -0.1) is 0 Å². The topological polar surface area (TPSA) is 80.3 Å². The van der Waals surface area contributed by atoms with Crippen LogP contribution in [0.4, 0.5) is 17.2 Å². The first-order valence-corrected chi connectivity index (χ1v) is 13.3. The molecule has 2 N–H and O–H groups in total. The van der Waals surface area contributed by atoms with Crippen molar-refractivity contribution >= 4 is 29.1 Å². The first kappa shape index (κ1) is 23.7. The van der Waals surface area contributed by atoms with Crippen LogP contribution >= 0.6 is 0 Å². The highest BCUT2D eigenvalue weighted by Gasteiger charge is 2.51. The third kappa shape index (κ3) is 4.85. The fourth-order valence-corrected chi connectivity index (χ4v) is 7.38. The SMILES string of the molecule is COC(=O)c1cccnc1Nc1ccc(CC(=O)Nc2ccc(C34CC5CC(CC(C5)C3)C4)cc2)cc1. The van der Waals surface area contributed by atoms with Gasteiger partial charge in [-0.05, 0) is 109 Å². The monoisotopic (exact) mass is 495 g/mol. The Kier molecular flexibility index (Phi) is 6.19. The van der Waals surface area contributed by atoms with Crippen molar-refractivity contribution in [3.8, 4) is 0 Å². The van der Waals surface area contributed by atoms with Gasteiger partial charge in [0.05, 0.1) is 13.5 Å². The van der Waals surface area contributed by atoms with Gasteiger partial charge in [0.2, 0.25) is 5.91 Å².